The summed E-state index contributed by atoms with van der Waals surface area (Å²) in [5, 5.41) is 11.5. The minimum absolute atomic E-state index is 0.0831. The second-order valence-electron chi connectivity index (χ2n) is 5.92. The number of carbonyl (C=O) groups is 2. The van der Waals surface area contributed by atoms with E-state index in [1.165, 1.54) is 18.4 Å². The smallest absolute Gasteiger partial charge is 0.405 e. The molecule has 2 atom stereocenters. The van der Waals surface area contributed by atoms with Crippen molar-refractivity contribution in [2.24, 2.45) is 5.92 Å². The van der Waals surface area contributed by atoms with Crippen LogP contribution in [0.4, 0.5) is 4.79 Å². The molecule has 1 aromatic carbocycles. The molecule has 2 aliphatic rings. The van der Waals surface area contributed by atoms with Gasteiger partial charge < -0.3 is 15.3 Å². The van der Waals surface area contributed by atoms with E-state index in [2.05, 4.69) is 17.4 Å². The number of amides is 2. The van der Waals surface area contributed by atoms with Gasteiger partial charge in [0.1, 0.15) is 6.04 Å². The van der Waals surface area contributed by atoms with Gasteiger partial charge in [0.2, 0.25) is 5.91 Å². The maximum Gasteiger partial charge on any atom is 0.405 e. The highest BCUT2D eigenvalue weighted by molar-refractivity contribution is 7.99. The van der Waals surface area contributed by atoms with Gasteiger partial charge in [0.15, 0.2) is 0 Å². The van der Waals surface area contributed by atoms with E-state index in [1.807, 2.05) is 23.1 Å². The lowest BCUT2D eigenvalue weighted by molar-refractivity contribution is -0.132. The summed E-state index contributed by atoms with van der Waals surface area (Å²) in [7, 11) is 0. The molecule has 5 nitrogen and oxygen atoms in total. The molecule has 0 radical (unpaired) electrons. The molecule has 3 rings (SSSR count). The van der Waals surface area contributed by atoms with Gasteiger partial charge in [-0.05, 0) is 24.3 Å². The van der Waals surface area contributed by atoms with E-state index < -0.39 is 12.1 Å². The van der Waals surface area contributed by atoms with Crippen LogP contribution in [0, 0.1) is 5.92 Å². The molecule has 2 amide bonds. The minimum Gasteiger partial charge on any atom is -0.465 e. The lowest BCUT2D eigenvalue weighted by Gasteiger charge is -2.26. The molecular formula is C16H20N2O3S. The predicted molar refractivity (Wildman–Crippen MR) is 85.9 cm³/mol. The first-order valence-electron chi connectivity index (χ1n) is 7.58. The van der Waals surface area contributed by atoms with Crippen LogP contribution in [0.25, 0.3) is 0 Å². The van der Waals surface area contributed by atoms with E-state index >= 15 is 0 Å². The van der Waals surface area contributed by atoms with Crippen LogP contribution in [0.1, 0.15) is 23.7 Å². The van der Waals surface area contributed by atoms with E-state index in [0.29, 0.717) is 18.2 Å². The monoisotopic (exact) mass is 320 g/mol. The highest BCUT2D eigenvalue weighted by atomic mass is 32.2. The molecule has 2 fully saturated rings. The number of rotatable bonds is 4. The molecule has 1 heterocycles. The SMILES string of the molecule is O=C(O)NC1CSC(c2ccccc2)CN(CC2CC2)C1=O. The molecule has 0 spiro atoms. The quantitative estimate of drug-likeness (QED) is 0.893. The van der Waals surface area contributed by atoms with Gasteiger partial charge in [-0.1, -0.05) is 30.3 Å². The van der Waals surface area contributed by atoms with Crippen molar-refractivity contribution in [1.82, 2.24) is 10.2 Å². The van der Waals surface area contributed by atoms with E-state index in [-0.39, 0.29) is 11.2 Å². The number of hydrogen-bond donors (Lipinski definition) is 2. The van der Waals surface area contributed by atoms with Crippen LogP contribution in [-0.2, 0) is 4.79 Å². The van der Waals surface area contributed by atoms with Crippen LogP contribution >= 0.6 is 11.8 Å². The number of hydrogen-bond acceptors (Lipinski definition) is 3. The molecule has 0 aromatic heterocycles. The fourth-order valence-electron chi connectivity index (χ4n) is 2.75. The first kappa shape index (κ1) is 15.2. The third-order valence-corrected chi connectivity index (χ3v) is 5.45. The molecular weight excluding hydrogens is 300 g/mol. The second-order valence-corrected chi connectivity index (χ2v) is 7.16. The Labute approximate surface area is 134 Å². The molecule has 118 valence electrons. The van der Waals surface area contributed by atoms with Gasteiger partial charge in [-0.25, -0.2) is 4.79 Å². The third kappa shape index (κ3) is 3.74. The molecule has 2 N–H and O–H groups in total. The molecule has 22 heavy (non-hydrogen) atoms. The Morgan fingerprint density at radius 2 is 2.05 bits per heavy atom. The lowest BCUT2D eigenvalue weighted by Crippen LogP contribution is -2.49. The summed E-state index contributed by atoms with van der Waals surface area (Å²) in [6.45, 7) is 1.41. The number of nitrogens with one attached hydrogen (secondary N) is 1. The zero-order valence-corrected chi connectivity index (χ0v) is 13.1. The number of carboxylic acid groups (broad SMARTS) is 1. The Kier molecular flexibility index (Phi) is 4.57. The number of benzene rings is 1. The summed E-state index contributed by atoms with van der Waals surface area (Å²) in [5.74, 6) is 0.987. The van der Waals surface area contributed by atoms with Gasteiger partial charge in [0.25, 0.3) is 0 Å². The summed E-state index contributed by atoms with van der Waals surface area (Å²) in [5.41, 5.74) is 1.19. The van der Waals surface area contributed by atoms with Crippen molar-refractivity contribution in [3.63, 3.8) is 0 Å². The molecule has 1 aliphatic heterocycles. The maximum atomic E-state index is 12.6. The van der Waals surface area contributed by atoms with Gasteiger partial charge in [-0.2, -0.15) is 0 Å². The zero-order valence-electron chi connectivity index (χ0n) is 12.3. The van der Waals surface area contributed by atoms with E-state index in [4.69, 9.17) is 5.11 Å². The van der Waals surface area contributed by atoms with E-state index in [9.17, 15) is 9.59 Å². The van der Waals surface area contributed by atoms with Gasteiger partial charge in [0, 0.05) is 24.1 Å². The van der Waals surface area contributed by atoms with Crippen molar-refractivity contribution < 1.29 is 14.7 Å². The predicted octanol–water partition coefficient (Wildman–Crippen LogP) is 2.35. The summed E-state index contributed by atoms with van der Waals surface area (Å²) in [6.07, 6.45) is 1.21. The highest BCUT2D eigenvalue weighted by Crippen LogP contribution is 2.36. The number of carbonyl (C=O) groups excluding carboxylic acids is 1. The molecule has 1 saturated heterocycles. The Bertz CT molecular complexity index is 548. The number of nitrogens with zero attached hydrogens (tertiary/aromatic N) is 1. The normalized spacial score (nSPS) is 25.6. The van der Waals surface area contributed by atoms with Gasteiger partial charge in [0.05, 0.1) is 0 Å². The average Bonchev–Trinajstić information content (AvgIpc) is 3.33. The van der Waals surface area contributed by atoms with E-state index in [1.54, 1.807) is 11.8 Å². The van der Waals surface area contributed by atoms with Crippen molar-refractivity contribution in [3.8, 4) is 0 Å². The topological polar surface area (TPSA) is 69.6 Å². The fourth-order valence-corrected chi connectivity index (χ4v) is 4.03. The molecule has 1 aromatic rings. The Morgan fingerprint density at radius 3 is 2.68 bits per heavy atom. The van der Waals surface area contributed by atoms with Crippen LogP contribution in [0.15, 0.2) is 30.3 Å². The standard InChI is InChI=1S/C16H20N2O3S/c19-15-13(17-16(20)21)10-22-14(12-4-2-1-3-5-12)9-18(15)8-11-6-7-11/h1-5,11,13-14,17H,6-10H2,(H,20,21). The first-order chi connectivity index (χ1) is 10.6. The van der Waals surface area contributed by atoms with Crippen LogP contribution in [0.3, 0.4) is 0 Å². The molecule has 2 unspecified atom stereocenters. The summed E-state index contributed by atoms with van der Waals surface area (Å²) < 4.78 is 0. The van der Waals surface area contributed by atoms with E-state index in [0.717, 1.165) is 6.54 Å². The minimum atomic E-state index is -1.14. The molecule has 1 saturated carbocycles. The first-order valence-corrected chi connectivity index (χ1v) is 8.63. The largest absolute Gasteiger partial charge is 0.465 e. The molecule has 0 bridgehead atoms. The van der Waals surface area contributed by atoms with Gasteiger partial charge in [-0.3, -0.25) is 4.79 Å². The van der Waals surface area contributed by atoms with Crippen LogP contribution in [0.5, 0.6) is 0 Å². The Balaban J connectivity index is 1.78. The Hall–Kier alpha value is -1.69. The average molecular weight is 320 g/mol. The third-order valence-electron chi connectivity index (χ3n) is 4.10. The van der Waals surface area contributed by atoms with Crippen LogP contribution in [0.2, 0.25) is 0 Å². The van der Waals surface area contributed by atoms with Crippen LogP contribution in [-0.4, -0.2) is 46.9 Å². The zero-order chi connectivity index (χ0) is 15.5. The lowest BCUT2D eigenvalue weighted by atomic mass is 10.1. The number of thioether (sulfide) groups is 1. The summed E-state index contributed by atoms with van der Waals surface area (Å²) in [6, 6.07) is 9.48. The van der Waals surface area contributed by atoms with Crippen molar-refractivity contribution in [1.29, 1.82) is 0 Å². The van der Waals surface area contributed by atoms with Gasteiger partial charge >= 0.3 is 6.09 Å². The second kappa shape index (κ2) is 6.60. The maximum absolute atomic E-state index is 12.6. The highest BCUT2D eigenvalue weighted by Gasteiger charge is 2.35. The van der Waals surface area contributed by atoms with Crippen molar-refractivity contribution in [2.75, 3.05) is 18.8 Å². The molecule has 6 heteroatoms. The van der Waals surface area contributed by atoms with Crippen molar-refractivity contribution in [3.05, 3.63) is 35.9 Å². The van der Waals surface area contributed by atoms with Gasteiger partial charge in [-0.15, -0.1) is 11.8 Å². The Morgan fingerprint density at radius 1 is 1.32 bits per heavy atom. The summed E-state index contributed by atoms with van der Waals surface area (Å²) in [4.78, 5) is 25.4. The van der Waals surface area contributed by atoms with Crippen molar-refractivity contribution in [2.45, 2.75) is 24.1 Å². The van der Waals surface area contributed by atoms with Crippen LogP contribution < -0.4 is 5.32 Å². The summed E-state index contributed by atoms with van der Waals surface area (Å²) >= 11 is 1.65. The fraction of sp³-hybridized carbons (Fsp3) is 0.500. The molecule has 1 aliphatic carbocycles. The van der Waals surface area contributed by atoms with Crippen molar-refractivity contribution >= 4 is 23.8 Å².